The number of likely N-dealkylation sites (N-methyl/N-ethyl adjacent to an activating group) is 1. The second kappa shape index (κ2) is 7.08. The Morgan fingerprint density at radius 1 is 1.29 bits per heavy atom. The summed E-state index contributed by atoms with van der Waals surface area (Å²) in [6, 6.07) is 11.5. The van der Waals surface area contributed by atoms with E-state index in [4.69, 9.17) is 0 Å². The van der Waals surface area contributed by atoms with Crippen molar-refractivity contribution >= 4 is 5.91 Å². The number of H-pyrrole nitrogens is 1. The lowest BCUT2D eigenvalue weighted by atomic mass is 10.1. The van der Waals surface area contributed by atoms with E-state index < -0.39 is 0 Å². The van der Waals surface area contributed by atoms with Gasteiger partial charge in [0.1, 0.15) is 0 Å². The molecule has 124 valence electrons. The van der Waals surface area contributed by atoms with Gasteiger partial charge in [0.2, 0.25) is 0 Å². The molecule has 7 nitrogen and oxygen atoms in total. The van der Waals surface area contributed by atoms with Crippen LogP contribution in [0, 0.1) is 0 Å². The first kappa shape index (κ1) is 15.9. The van der Waals surface area contributed by atoms with Gasteiger partial charge in [0, 0.05) is 42.7 Å². The highest BCUT2D eigenvalue weighted by Gasteiger charge is 2.20. The zero-order chi connectivity index (χ0) is 16.9. The minimum absolute atomic E-state index is 0.00171. The maximum absolute atomic E-state index is 12.9. The van der Waals surface area contributed by atoms with E-state index in [9.17, 15) is 4.79 Å². The molecule has 0 fully saturated rings. The maximum atomic E-state index is 12.9. The SMILES string of the molecule is CCN(CC(C)c1nn[nH]n1)C(=O)c1cccc(-n2cccc2)c1. The third-order valence-corrected chi connectivity index (χ3v) is 3.96. The quantitative estimate of drug-likeness (QED) is 0.754. The number of hydrogen-bond donors (Lipinski definition) is 1. The summed E-state index contributed by atoms with van der Waals surface area (Å²) < 4.78 is 1.98. The summed E-state index contributed by atoms with van der Waals surface area (Å²) >= 11 is 0. The van der Waals surface area contributed by atoms with Gasteiger partial charge in [0.05, 0.1) is 0 Å². The lowest BCUT2D eigenvalue weighted by molar-refractivity contribution is 0.0755. The number of carbonyl (C=O) groups is 1. The summed E-state index contributed by atoms with van der Waals surface area (Å²) in [5.41, 5.74) is 1.64. The van der Waals surface area contributed by atoms with Crippen molar-refractivity contribution < 1.29 is 4.79 Å². The molecule has 24 heavy (non-hydrogen) atoms. The van der Waals surface area contributed by atoms with Crippen molar-refractivity contribution in [2.24, 2.45) is 0 Å². The summed E-state index contributed by atoms with van der Waals surface area (Å²) in [4.78, 5) is 14.7. The van der Waals surface area contributed by atoms with E-state index in [1.165, 1.54) is 0 Å². The third-order valence-electron chi connectivity index (χ3n) is 3.96. The number of amides is 1. The summed E-state index contributed by atoms with van der Waals surface area (Å²) in [6.07, 6.45) is 3.92. The highest BCUT2D eigenvalue weighted by molar-refractivity contribution is 5.94. The molecule has 0 bridgehead atoms. The molecule has 0 aliphatic heterocycles. The Hall–Kier alpha value is -2.96. The standard InChI is InChI=1S/C17H20N6O/c1-3-22(12-13(2)16-18-20-21-19-16)17(24)14-7-6-8-15(11-14)23-9-4-5-10-23/h4-11,13H,3,12H2,1-2H3,(H,18,19,20,21). The van der Waals surface area contributed by atoms with E-state index in [1.54, 1.807) is 4.90 Å². The van der Waals surface area contributed by atoms with Crippen LogP contribution < -0.4 is 0 Å². The van der Waals surface area contributed by atoms with Crippen molar-refractivity contribution in [2.45, 2.75) is 19.8 Å². The van der Waals surface area contributed by atoms with Crippen LogP contribution in [0.1, 0.15) is 35.9 Å². The first-order chi connectivity index (χ1) is 11.7. The van der Waals surface area contributed by atoms with Crippen LogP contribution in [0.2, 0.25) is 0 Å². The fourth-order valence-electron chi connectivity index (χ4n) is 2.63. The molecule has 7 heteroatoms. The smallest absolute Gasteiger partial charge is 0.253 e. The first-order valence-corrected chi connectivity index (χ1v) is 7.95. The lowest BCUT2D eigenvalue weighted by Crippen LogP contribution is -2.34. The molecule has 1 amide bonds. The highest BCUT2D eigenvalue weighted by atomic mass is 16.2. The molecule has 0 radical (unpaired) electrons. The van der Waals surface area contributed by atoms with Gasteiger partial charge in [-0.25, -0.2) is 0 Å². The van der Waals surface area contributed by atoms with Crippen LogP contribution in [0.25, 0.3) is 5.69 Å². The Labute approximate surface area is 140 Å². The molecule has 0 aliphatic carbocycles. The van der Waals surface area contributed by atoms with Gasteiger partial charge in [0.15, 0.2) is 5.82 Å². The van der Waals surface area contributed by atoms with E-state index >= 15 is 0 Å². The third kappa shape index (κ3) is 3.34. The van der Waals surface area contributed by atoms with Crippen molar-refractivity contribution in [1.29, 1.82) is 0 Å². The Morgan fingerprint density at radius 3 is 2.75 bits per heavy atom. The summed E-state index contributed by atoms with van der Waals surface area (Å²) in [7, 11) is 0. The molecular weight excluding hydrogens is 304 g/mol. The highest BCUT2D eigenvalue weighted by Crippen LogP contribution is 2.16. The van der Waals surface area contributed by atoms with Crippen molar-refractivity contribution in [2.75, 3.05) is 13.1 Å². The Balaban J connectivity index is 1.77. The Kier molecular flexibility index (Phi) is 4.69. The molecule has 0 saturated carbocycles. The number of nitrogens with one attached hydrogen (secondary N) is 1. The van der Waals surface area contributed by atoms with Crippen molar-refractivity contribution in [3.8, 4) is 5.69 Å². The van der Waals surface area contributed by atoms with Gasteiger partial charge in [0.25, 0.3) is 5.91 Å². The average molecular weight is 324 g/mol. The minimum atomic E-state index is 0.00171. The molecule has 0 aliphatic rings. The molecule has 1 aromatic carbocycles. The van der Waals surface area contributed by atoms with E-state index in [0.717, 1.165) is 5.69 Å². The van der Waals surface area contributed by atoms with Crippen molar-refractivity contribution in [3.05, 3.63) is 60.2 Å². The van der Waals surface area contributed by atoms with Crippen LogP contribution in [-0.4, -0.2) is 49.1 Å². The zero-order valence-electron chi connectivity index (χ0n) is 13.8. The topological polar surface area (TPSA) is 79.7 Å². The molecule has 3 rings (SSSR count). The van der Waals surface area contributed by atoms with Gasteiger partial charge in [-0.05, 0) is 37.3 Å². The van der Waals surface area contributed by atoms with Crippen molar-refractivity contribution in [1.82, 2.24) is 30.1 Å². The van der Waals surface area contributed by atoms with E-state index in [-0.39, 0.29) is 11.8 Å². The molecule has 1 atom stereocenters. The number of carbonyl (C=O) groups excluding carboxylic acids is 1. The predicted molar refractivity (Wildman–Crippen MR) is 89.9 cm³/mol. The Bertz CT molecular complexity index is 781. The number of aromatic nitrogens is 5. The van der Waals surface area contributed by atoms with Crippen LogP contribution >= 0.6 is 0 Å². The minimum Gasteiger partial charge on any atom is -0.338 e. The second-order valence-corrected chi connectivity index (χ2v) is 5.66. The molecule has 3 aromatic rings. The van der Waals surface area contributed by atoms with Gasteiger partial charge >= 0.3 is 0 Å². The van der Waals surface area contributed by atoms with Crippen LogP contribution in [0.4, 0.5) is 0 Å². The zero-order valence-corrected chi connectivity index (χ0v) is 13.8. The van der Waals surface area contributed by atoms with Gasteiger partial charge in [-0.2, -0.15) is 5.21 Å². The molecule has 0 spiro atoms. The van der Waals surface area contributed by atoms with Crippen molar-refractivity contribution in [3.63, 3.8) is 0 Å². The lowest BCUT2D eigenvalue weighted by Gasteiger charge is -2.23. The van der Waals surface area contributed by atoms with Gasteiger partial charge in [-0.15, -0.1) is 10.2 Å². The summed E-state index contributed by atoms with van der Waals surface area (Å²) in [6.45, 7) is 5.12. The van der Waals surface area contributed by atoms with Crippen LogP contribution in [-0.2, 0) is 0 Å². The maximum Gasteiger partial charge on any atom is 0.253 e. The number of benzene rings is 1. The predicted octanol–water partition coefficient (Wildman–Crippen LogP) is 2.26. The molecule has 1 N–H and O–H groups in total. The first-order valence-electron chi connectivity index (χ1n) is 7.95. The number of nitrogens with zero attached hydrogens (tertiary/aromatic N) is 5. The number of rotatable bonds is 6. The van der Waals surface area contributed by atoms with Gasteiger partial charge < -0.3 is 9.47 Å². The summed E-state index contributed by atoms with van der Waals surface area (Å²) in [5.74, 6) is 0.629. The number of hydrogen-bond acceptors (Lipinski definition) is 4. The molecule has 1 unspecified atom stereocenters. The summed E-state index contributed by atoms with van der Waals surface area (Å²) in [5, 5.41) is 14.0. The second-order valence-electron chi connectivity index (χ2n) is 5.66. The average Bonchev–Trinajstić information content (AvgIpc) is 3.32. The van der Waals surface area contributed by atoms with E-state index in [0.29, 0.717) is 24.5 Å². The fourth-order valence-corrected chi connectivity index (χ4v) is 2.63. The molecule has 2 aromatic heterocycles. The Morgan fingerprint density at radius 2 is 2.08 bits per heavy atom. The number of aromatic amines is 1. The van der Waals surface area contributed by atoms with E-state index in [1.807, 2.05) is 67.2 Å². The van der Waals surface area contributed by atoms with Crippen LogP contribution in [0.5, 0.6) is 0 Å². The van der Waals surface area contributed by atoms with Gasteiger partial charge in [-0.3, -0.25) is 4.79 Å². The van der Waals surface area contributed by atoms with Crippen LogP contribution in [0.15, 0.2) is 48.8 Å². The molecular formula is C17H20N6O. The van der Waals surface area contributed by atoms with Crippen LogP contribution in [0.3, 0.4) is 0 Å². The normalized spacial score (nSPS) is 12.1. The largest absolute Gasteiger partial charge is 0.338 e. The monoisotopic (exact) mass is 324 g/mol. The molecule has 0 saturated heterocycles. The molecule has 2 heterocycles. The number of tetrazole rings is 1. The van der Waals surface area contributed by atoms with E-state index in [2.05, 4.69) is 20.6 Å². The fraction of sp³-hybridized carbons (Fsp3) is 0.294. The van der Waals surface area contributed by atoms with Gasteiger partial charge in [-0.1, -0.05) is 18.2 Å².